The van der Waals surface area contributed by atoms with E-state index >= 15 is 0 Å². The van der Waals surface area contributed by atoms with E-state index in [4.69, 9.17) is 10.5 Å². The lowest BCUT2D eigenvalue weighted by Crippen LogP contribution is -2.10. The van der Waals surface area contributed by atoms with Crippen LogP contribution < -0.4 is 16.0 Å². The van der Waals surface area contributed by atoms with Crippen molar-refractivity contribution >= 4 is 17.1 Å². The van der Waals surface area contributed by atoms with Gasteiger partial charge in [0.1, 0.15) is 11.6 Å². The molecule has 3 rings (SSSR count). The van der Waals surface area contributed by atoms with E-state index in [1.54, 1.807) is 7.11 Å². The van der Waals surface area contributed by atoms with Gasteiger partial charge in [0.15, 0.2) is 11.2 Å². The summed E-state index contributed by atoms with van der Waals surface area (Å²) in [5, 5.41) is 0. The first kappa shape index (κ1) is 12.2. The summed E-state index contributed by atoms with van der Waals surface area (Å²) >= 11 is 0. The fourth-order valence-corrected chi connectivity index (χ4v) is 2.06. The smallest absolute Gasteiger partial charge is 0.278 e. The van der Waals surface area contributed by atoms with Crippen LogP contribution in [0.1, 0.15) is 5.56 Å². The second-order valence-corrected chi connectivity index (χ2v) is 4.44. The number of nitrogen functional groups attached to an aromatic ring is 1. The fourth-order valence-electron chi connectivity index (χ4n) is 2.06. The number of nitrogens with two attached hydrogens (primary N) is 1. The van der Waals surface area contributed by atoms with Gasteiger partial charge in [-0.15, -0.1) is 0 Å². The number of ether oxygens (including phenoxy) is 1. The molecule has 0 atom stereocenters. The average Bonchev–Trinajstić information content (AvgIpc) is 2.82. The normalized spacial score (nSPS) is 10.9. The Kier molecular flexibility index (Phi) is 2.67. The molecule has 0 saturated heterocycles. The van der Waals surface area contributed by atoms with Gasteiger partial charge in [0, 0.05) is 0 Å². The van der Waals surface area contributed by atoms with Crippen molar-refractivity contribution in [3.05, 3.63) is 34.1 Å². The Morgan fingerprint density at radius 3 is 2.80 bits per heavy atom. The summed E-state index contributed by atoms with van der Waals surface area (Å²) in [6.45, 7) is 1.97. The highest BCUT2D eigenvalue weighted by atomic mass is 16.5. The number of nitrogens with one attached hydrogen (secondary N) is 2. The lowest BCUT2D eigenvalue weighted by Gasteiger charge is -2.06. The number of H-pyrrole nitrogens is 2. The van der Waals surface area contributed by atoms with E-state index in [0.717, 1.165) is 11.1 Å². The molecule has 0 radical (unpaired) electrons. The fraction of sp³-hybridized carbons (Fsp3) is 0.154. The monoisotopic (exact) mass is 271 g/mol. The molecule has 0 fully saturated rings. The van der Waals surface area contributed by atoms with E-state index in [1.807, 2.05) is 25.1 Å². The molecule has 0 aliphatic heterocycles. The van der Waals surface area contributed by atoms with Crippen LogP contribution >= 0.6 is 0 Å². The summed E-state index contributed by atoms with van der Waals surface area (Å²) in [5.41, 5.74) is 7.56. The topological polar surface area (TPSA) is 110 Å². The molecule has 4 N–H and O–H groups in total. The van der Waals surface area contributed by atoms with Crippen LogP contribution in [-0.2, 0) is 0 Å². The van der Waals surface area contributed by atoms with Gasteiger partial charge >= 0.3 is 0 Å². The van der Waals surface area contributed by atoms with Crippen LogP contribution in [0.2, 0.25) is 0 Å². The second-order valence-electron chi connectivity index (χ2n) is 4.44. The number of fused-ring (bicyclic) bond motifs is 1. The van der Waals surface area contributed by atoms with Gasteiger partial charge in [-0.1, -0.05) is 11.6 Å². The van der Waals surface area contributed by atoms with Crippen molar-refractivity contribution in [3.63, 3.8) is 0 Å². The minimum Gasteiger partial charge on any atom is -0.496 e. The van der Waals surface area contributed by atoms with E-state index in [9.17, 15) is 4.79 Å². The molecule has 3 aromatic rings. The zero-order chi connectivity index (χ0) is 14.3. The molecule has 0 amide bonds. The molecule has 2 aromatic heterocycles. The van der Waals surface area contributed by atoms with Crippen molar-refractivity contribution in [1.82, 2.24) is 19.9 Å². The maximum absolute atomic E-state index is 11.8. The third-order valence-corrected chi connectivity index (χ3v) is 2.99. The highest BCUT2D eigenvalue weighted by Gasteiger charge is 2.13. The molecule has 2 heterocycles. The van der Waals surface area contributed by atoms with Crippen molar-refractivity contribution in [2.24, 2.45) is 0 Å². The van der Waals surface area contributed by atoms with Crippen LogP contribution in [0.5, 0.6) is 5.75 Å². The summed E-state index contributed by atoms with van der Waals surface area (Å²) in [5.74, 6) is 1.22. The predicted octanol–water partition coefficient (Wildman–Crippen LogP) is 1.21. The average molecular weight is 271 g/mol. The zero-order valence-corrected chi connectivity index (χ0v) is 11.0. The molecule has 7 nitrogen and oxygen atoms in total. The Balaban J connectivity index is 2.28. The summed E-state index contributed by atoms with van der Waals surface area (Å²) in [4.78, 5) is 25.5. The Hall–Kier alpha value is -2.83. The predicted molar refractivity (Wildman–Crippen MR) is 75.6 cm³/mol. The van der Waals surface area contributed by atoms with E-state index in [1.165, 1.54) is 0 Å². The van der Waals surface area contributed by atoms with Gasteiger partial charge in [0.05, 0.1) is 12.7 Å². The summed E-state index contributed by atoms with van der Waals surface area (Å²) in [7, 11) is 1.58. The van der Waals surface area contributed by atoms with E-state index in [-0.39, 0.29) is 22.7 Å². The van der Waals surface area contributed by atoms with Crippen LogP contribution in [0.15, 0.2) is 23.0 Å². The maximum atomic E-state index is 11.8. The van der Waals surface area contributed by atoms with Crippen molar-refractivity contribution < 1.29 is 4.74 Å². The van der Waals surface area contributed by atoms with Crippen LogP contribution in [0.4, 0.5) is 5.95 Å². The van der Waals surface area contributed by atoms with Crippen LogP contribution in [0.3, 0.4) is 0 Å². The van der Waals surface area contributed by atoms with Crippen molar-refractivity contribution in [1.29, 1.82) is 0 Å². The lowest BCUT2D eigenvalue weighted by atomic mass is 10.1. The number of aromatic nitrogens is 4. The maximum Gasteiger partial charge on any atom is 0.278 e. The number of aryl methyl sites for hydroxylation is 1. The van der Waals surface area contributed by atoms with Gasteiger partial charge in [-0.3, -0.25) is 9.78 Å². The third kappa shape index (κ3) is 1.89. The molecule has 102 valence electrons. The first-order chi connectivity index (χ1) is 9.58. The number of imidazole rings is 1. The Labute approximate surface area is 113 Å². The van der Waals surface area contributed by atoms with Crippen molar-refractivity contribution in [3.8, 4) is 17.1 Å². The second kappa shape index (κ2) is 4.37. The zero-order valence-electron chi connectivity index (χ0n) is 11.0. The number of anilines is 1. The van der Waals surface area contributed by atoms with E-state index in [0.29, 0.717) is 11.6 Å². The number of hydrogen-bond donors (Lipinski definition) is 3. The third-order valence-electron chi connectivity index (χ3n) is 2.99. The molecular formula is C13H13N5O2. The summed E-state index contributed by atoms with van der Waals surface area (Å²) in [6, 6.07) is 5.71. The number of methoxy groups -OCH3 is 1. The molecule has 0 spiro atoms. The number of nitrogens with zero attached hydrogens (tertiary/aromatic N) is 2. The minimum absolute atomic E-state index is 0.0387. The molecule has 0 aliphatic carbocycles. The molecule has 0 unspecified atom stereocenters. The number of aromatic amines is 2. The molecule has 0 bridgehead atoms. The van der Waals surface area contributed by atoms with Gasteiger partial charge in [-0.05, 0) is 19.1 Å². The molecular weight excluding hydrogens is 258 g/mol. The van der Waals surface area contributed by atoms with Crippen LogP contribution in [0.25, 0.3) is 22.6 Å². The number of hydrogen-bond acceptors (Lipinski definition) is 5. The van der Waals surface area contributed by atoms with Crippen LogP contribution in [0, 0.1) is 6.92 Å². The quantitative estimate of drug-likeness (QED) is 0.649. The highest BCUT2D eigenvalue weighted by molar-refractivity contribution is 5.77. The van der Waals surface area contributed by atoms with Gasteiger partial charge in [0.25, 0.3) is 5.56 Å². The molecule has 0 saturated carbocycles. The molecule has 1 aromatic carbocycles. The van der Waals surface area contributed by atoms with Gasteiger partial charge in [-0.25, -0.2) is 4.98 Å². The SMILES string of the molecule is COc1ccc(C)cc1-c1nc2nc(N)[nH]c(=O)c2[nH]1. The van der Waals surface area contributed by atoms with E-state index < -0.39 is 0 Å². The number of benzene rings is 1. The first-order valence-corrected chi connectivity index (χ1v) is 5.99. The standard InChI is InChI=1S/C13H13N5O2/c1-6-3-4-8(20-2)7(5-6)10-15-9-11(16-10)17-13(14)18-12(9)19/h3-5H,1-2H3,(H4,14,15,16,17,18,19). The van der Waals surface area contributed by atoms with Crippen LogP contribution in [-0.4, -0.2) is 27.0 Å². The summed E-state index contributed by atoms with van der Waals surface area (Å²) in [6.07, 6.45) is 0. The Morgan fingerprint density at radius 2 is 2.05 bits per heavy atom. The largest absolute Gasteiger partial charge is 0.496 e. The Bertz CT molecular complexity index is 850. The Morgan fingerprint density at radius 1 is 1.25 bits per heavy atom. The lowest BCUT2D eigenvalue weighted by molar-refractivity contribution is 0.416. The molecule has 0 aliphatic rings. The van der Waals surface area contributed by atoms with Gasteiger partial charge < -0.3 is 15.5 Å². The minimum atomic E-state index is -0.349. The number of rotatable bonds is 2. The van der Waals surface area contributed by atoms with E-state index in [2.05, 4.69) is 19.9 Å². The van der Waals surface area contributed by atoms with Crippen molar-refractivity contribution in [2.75, 3.05) is 12.8 Å². The van der Waals surface area contributed by atoms with Gasteiger partial charge in [-0.2, -0.15) is 4.98 Å². The molecule has 20 heavy (non-hydrogen) atoms. The highest BCUT2D eigenvalue weighted by Crippen LogP contribution is 2.29. The molecule has 7 heteroatoms. The van der Waals surface area contributed by atoms with Crippen molar-refractivity contribution in [2.45, 2.75) is 6.92 Å². The van der Waals surface area contributed by atoms with Gasteiger partial charge in [0.2, 0.25) is 5.95 Å². The first-order valence-electron chi connectivity index (χ1n) is 5.99. The summed E-state index contributed by atoms with van der Waals surface area (Å²) < 4.78 is 5.31.